The Morgan fingerprint density at radius 3 is 2.00 bits per heavy atom. The topological polar surface area (TPSA) is 137 Å². The second-order valence-corrected chi connectivity index (χ2v) is 12.6. The fourth-order valence-electron chi connectivity index (χ4n) is 4.64. The molecule has 0 bridgehead atoms. The first-order valence-corrected chi connectivity index (χ1v) is 17.7. The van der Waals surface area contributed by atoms with Crippen LogP contribution >= 0.6 is 58.8 Å². The van der Waals surface area contributed by atoms with E-state index >= 15 is 0 Å². The van der Waals surface area contributed by atoms with Gasteiger partial charge in [-0.3, -0.25) is 4.79 Å². The predicted molar refractivity (Wildman–Crippen MR) is 190 cm³/mol. The van der Waals surface area contributed by atoms with Crippen LogP contribution < -0.4 is 14.8 Å². The van der Waals surface area contributed by atoms with Gasteiger partial charge >= 0.3 is 21.7 Å². The largest absolute Gasteiger partial charge is 0.465 e. The molecule has 0 saturated carbocycles. The first-order valence-electron chi connectivity index (χ1n) is 14.1. The van der Waals surface area contributed by atoms with Crippen LogP contribution in [0.5, 0.6) is 11.5 Å². The smallest absolute Gasteiger partial charge is 0.367 e. The molecule has 0 aliphatic carbocycles. The SMILES string of the molecule is COC(=O)[C@]1(OC)C[C@H](OC(=S)Oc2ccc(C)cc2)[C@@H](NC(C)=O)[C@H]([C@H](OC(=S)Oc2ccc(C)cc2)[C@@H](CI)OC(=O)SC)O1. The van der Waals surface area contributed by atoms with Gasteiger partial charge in [-0.1, -0.05) is 58.0 Å². The number of halogens is 1. The number of rotatable bonds is 11. The lowest BCUT2D eigenvalue weighted by molar-refractivity contribution is -0.301. The highest BCUT2D eigenvalue weighted by Crippen LogP contribution is 2.37. The summed E-state index contributed by atoms with van der Waals surface area (Å²) in [4.78, 5) is 38.4. The molecule has 16 heteroatoms. The monoisotopic (exact) mass is 821 g/mol. The summed E-state index contributed by atoms with van der Waals surface area (Å²) in [5.41, 5.74) is 2.01. The Morgan fingerprint density at radius 1 is 0.979 bits per heavy atom. The number of esters is 1. The van der Waals surface area contributed by atoms with E-state index in [2.05, 4.69) is 5.32 Å². The molecular weight excluding hydrogens is 785 g/mol. The molecule has 1 aliphatic heterocycles. The van der Waals surface area contributed by atoms with Gasteiger partial charge in [-0.15, -0.1) is 0 Å². The number of benzene rings is 2. The van der Waals surface area contributed by atoms with Crippen LogP contribution in [0.15, 0.2) is 48.5 Å². The number of nitrogens with one attached hydrogen (secondary N) is 1. The van der Waals surface area contributed by atoms with Crippen LogP contribution in [0, 0.1) is 13.8 Å². The van der Waals surface area contributed by atoms with E-state index in [0.29, 0.717) is 11.5 Å². The van der Waals surface area contributed by atoms with Gasteiger partial charge in [0.2, 0.25) is 5.91 Å². The van der Waals surface area contributed by atoms with Crippen LogP contribution in [0.25, 0.3) is 0 Å². The van der Waals surface area contributed by atoms with Crippen molar-refractivity contribution in [1.29, 1.82) is 0 Å². The minimum Gasteiger partial charge on any atom is -0.465 e. The number of hydrogen-bond acceptors (Lipinski definition) is 14. The molecule has 2 aromatic carbocycles. The van der Waals surface area contributed by atoms with Crippen LogP contribution in [0.4, 0.5) is 4.79 Å². The maximum atomic E-state index is 13.3. The molecule has 0 aromatic heterocycles. The van der Waals surface area contributed by atoms with E-state index in [0.717, 1.165) is 30.0 Å². The molecule has 1 heterocycles. The van der Waals surface area contributed by atoms with Crippen molar-refractivity contribution in [1.82, 2.24) is 5.32 Å². The molecule has 1 N–H and O–H groups in total. The van der Waals surface area contributed by atoms with Crippen molar-refractivity contribution in [2.24, 2.45) is 0 Å². The van der Waals surface area contributed by atoms with E-state index in [1.165, 1.54) is 14.0 Å². The Labute approximate surface area is 301 Å². The zero-order chi connectivity index (χ0) is 34.7. The quantitative estimate of drug-likeness (QED) is 0.137. The predicted octanol–water partition coefficient (Wildman–Crippen LogP) is 5.21. The van der Waals surface area contributed by atoms with Gasteiger partial charge in [0.1, 0.15) is 23.7 Å². The molecule has 3 rings (SSSR count). The third-order valence-electron chi connectivity index (χ3n) is 6.93. The van der Waals surface area contributed by atoms with E-state index in [1.54, 1.807) is 30.5 Å². The number of methoxy groups -OCH3 is 2. The van der Waals surface area contributed by atoms with E-state index in [9.17, 15) is 14.4 Å². The van der Waals surface area contributed by atoms with E-state index in [1.807, 2.05) is 60.7 Å². The van der Waals surface area contributed by atoms with Gasteiger partial charge < -0.3 is 43.2 Å². The summed E-state index contributed by atoms with van der Waals surface area (Å²) in [7, 11) is 2.41. The van der Waals surface area contributed by atoms with Crippen LogP contribution in [0.2, 0.25) is 0 Å². The average Bonchev–Trinajstić information content (AvgIpc) is 3.04. The van der Waals surface area contributed by atoms with Gasteiger partial charge in [-0.05, 0) is 56.1 Å². The van der Waals surface area contributed by atoms with Gasteiger partial charge in [0.25, 0.3) is 5.79 Å². The Kier molecular flexibility index (Phi) is 14.9. The molecule has 47 heavy (non-hydrogen) atoms. The van der Waals surface area contributed by atoms with Crippen LogP contribution in [0.3, 0.4) is 0 Å². The number of amides is 1. The maximum Gasteiger partial charge on any atom is 0.367 e. The summed E-state index contributed by atoms with van der Waals surface area (Å²) in [6.07, 6.45) is -3.55. The number of thiocarbonyl (C=S) groups is 2. The Bertz CT molecular complexity index is 1410. The Hall–Kier alpha value is -2.77. The standard InChI is InChI=1S/C31H36INO11S3/c1-17-7-11-20(12-8-17)39-29(45)42-22-15-31(38-5,27(35)37-4)44-26(24(22)33-19(3)34)25(23(16-32)41-28(36)47-6)43-30(46)40-21-13-9-18(2)10-14-21/h7-14,22-26H,15-16H2,1-6H3,(H,33,34)/t22-,23+,24+,25+,26+,31-/m0/s1. The van der Waals surface area contributed by atoms with E-state index < -0.39 is 53.4 Å². The summed E-state index contributed by atoms with van der Waals surface area (Å²) in [5, 5.41) is 1.54. The van der Waals surface area contributed by atoms with Crippen LogP contribution in [-0.4, -0.2) is 88.8 Å². The molecule has 256 valence electrons. The summed E-state index contributed by atoms with van der Waals surface area (Å²) in [6, 6.07) is 13.0. The zero-order valence-electron chi connectivity index (χ0n) is 26.5. The molecule has 1 saturated heterocycles. The van der Waals surface area contributed by atoms with Crippen molar-refractivity contribution in [3.05, 3.63) is 59.7 Å². The van der Waals surface area contributed by atoms with E-state index in [-0.39, 0.29) is 21.3 Å². The molecule has 0 radical (unpaired) electrons. The van der Waals surface area contributed by atoms with Crippen molar-refractivity contribution in [2.45, 2.75) is 63.4 Å². The third-order valence-corrected chi connectivity index (χ3v) is 8.58. The highest BCUT2D eigenvalue weighted by Gasteiger charge is 2.58. The second-order valence-electron chi connectivity index (χ2n) is 10.3. The van der Waals surface area contributed by atoms with Crippen molar-refractivity contribution < 1.29 is 52.3 Å². The van der Waals surface area contributed by atoms with Gasteiger partial charge in [0, 0.05) is 42.9 Å². The van der Waals surface area contributed by atoms with E-state index in [4.69, 9.17) is 62.3 Å². The molecular formula is C31H36INO11S3. The fraction of sp³-hybridized carbons (Fsp3) is 0.452. The van der Waals surface area contributed by atoms with Crippen molar-refractivity contribution in [3.8, 4) is 11.5 Å². The number of carbonyl (C=O) groups is 3. The fourth-order valence-corrected chi connectivity index (χ4v) is 5.97. The summed E-state index contributed by atoms with van der Waals surface area (Å²) in [6.45, 7) is 5.13. The lowest BCUT2D eigenvalue weighted by Crippen LogP contribution is -2.69. The number of ether oxygens (including phenoxy) is 8. The molecule has 6 atom stereocenters. The summed E-state index contributed by atoms with van der Waals surface area (Å²) < 4.78 is 46.7. The number of aryl methyl sites for hydroxylation is 2. The van der Waals surface area contributed by atoms with Gasteiger partial charge in [0.15, 0.2) is 12.2 Å². The number of carbonyl (C=O) groups excluding carboxylic acids is 3. The van der Waals surface area contributed by atoms with Crippen molar-refractivity contribution in [2.75, 3.05) is 24.9 Å². The molecule has 1 fully saturated rings. The lowest BCUT2D eigenvalue weighted by Gasteiger charge is -2.48. The molecule has 0 unspecified atom stereocenters. The zero-order valence-corrected chi connectivity index (χ0v) is 31.1. The minimum absolute atomic E-state index is 0.174. The first-order chi connectivity index (χ1) is 22.3. The first kappa shape index (κ1) is 38.7. The van der Waals surface area contributed by atoms with Crippen LogP contribution in [-0.2, 0) is 38.0 Å². The van der Waals surface area contributed by atoms with Crippen molar-refractivity contribution >= 4 is 86.4 Å². The van der Waals surface area contributed by atoms with Gasteiger partial charge in [0.05, 0.1) is 19.6 Å². The van der Waals surface area contributed by atoms with Gasteiger partial charge in [-0.25, -0.2) is 9.59 Å². The highest BCUT2D eigenvalue weighted by molar-refractivity contribution is 14.1. The Morgan fingerprint density at radius 2 is 1.53 bits per heavy atom. The second kappa shape index (κ2) is 18.1. The molecule has 2 aromatic rings. The molecule has 1 aliphatic rings. The third kappa shape index (κ3) is 10.9. The highest BCUT2D eigenvalue weighted by atomic mass is 127. The van der Waals surface area contributed by atoms with Gasteiger partial charge in [-0.2, -0.15) is 0 Å². The number of alkyl halides is 1. The minimum atomic E-state index is -2.08. The Balaban J connectivity index is 2.08. The van der Waals surface area contributed by atoms with Crippen molar-refractivity contribution in [3.63, 3.8) is 0 Å². The van der Waals surface area contributed by atoms with Crippen LogP contribution in [0.1, 0.15) is 24.5 Å². The lowest BCUT2D eigenvalue weighted by atomic mass is 9.88. The summed E-state index contributed by atoms with van der Waals surface area (Å²) >= 11 is 13.7. The average molecular weight is 822 g/mol. The normalized spacial score (nSPS) is 21.7. The molecule has 0 spiro atoms. The summed E-state index contributed by atoms with van der Waals surface area (Å²) in [5.74, 6) is -2.68. The number of hydrogen-bond donors (Lipinski definition) is 1. The maximum absolute atomic E-state index is 13.3. The molecule has 1 amide bonds. The number of thioether (sulfide) groups is 1. The molecule has 12 nitrogen and oxygen atoms in total.